The molecule has 0 fully saturated rings. The molecule has 0 aromatic carbocycles. The van der Waals surface area contributed by atoms with E-state index in [0.29, 0.717) is 0 Å². The molecule has 0 bridgehead atoms. The SMILES string of the molecule is CC(C)c1c(C(F)(F)F)ccn(C)c1=O. The minimum absolute atomic E-state index is 0.174. The predicted octanol–water partition coefficient (Wildman–Crippen LogP) is 2.53. The molecule has 5 heteroatoms. The average molecular weight is 219 g/mol. The summed E-state index contributed by atoms with van der Waals surface area (Å²) in [6.45, 7) is 3.15. The van der Waals surface area contributed by atoms with Gasteiger partial charge < -0.3 is 4.57 Å². The first-order valence-corrected chi connectivity index (χ1v) is 4.52. The summed E-state index contributed by atoms with van der Waals surface area (Å²) in [6.07, 6.45) is -3.33. The lowest BCUT2D eigenvalue weighted by molar-refractivity contribution is -0.138. The summed E-state index contributed by atoms with van der Waals surface area (Å²) in [7, 11) is 1.44. The summed E-state index contributed by atoms with van der Waals surface area (Å²) in [5, 5.41) is 0. The van der Waals surface area contributed by atoms with Crippen LogP contribution in [0.4, 0.5) is 13.2 Å². The third-order valence-corrected chi connectivity index (χ3v) is 2.19. The normalized spacial score (nSPS) is 12.2. The van der Waals surface area contributed by atoms with E-state index in [4.69, 9.17) is 0 Å². The molecule has 0 atom stereocenters. The third kappa shape index (κ3) is 2.22. The minimum Gasteiger partial charge on any atom is -0.318 e. The number of hydrogen-bond acceptors (Lipinski definition) is 1. The fraction of sp³-hybridized carbons (Fsp3) is 0.500. The van der Waals surface area contributed by atoms with Crippen LogP contribution in [0.5, 0.6) is 0 Å². The second kappa shape index (κ2) is 3.72. The molecule has 0 saturated heterocycles. The van der Waals surface area contributed by atoms with E-state index in [1.54, 1.807) is 13.8 Å². The Morgan fingerprint density at radius 1 is 1.33 bits per heavy atom. The zero-order valence-corrected chi connectivity index (χ0v) is 8.72. The molecule has 0 N–H and O–H groups in total. The maximum atomic E-state index is 12.6. The van der Waals surface area contributed by atoms with Crippen LogP contribution in [0.1, 0.15) is 30.9 Å². The Balaban J connectivity index is 3.55. The van der Waals surface area contributed by atoms with Crippen molar-refractivity contribution in [3.63, 3.8) is 0 Å². The monoisotopic (exact) mass is 219 g/mol. The highest BCUT2D eigenvalue weighted by Gasteiger charge is 2.35. The summed E-state index contributed by atoms with van der Waals surface area (Å²) in [5.74, 6) is -0.443. The van der Waals surface area contributed by atoms with Crippen LogP contribution in [-0.4, -0.2) is 4.57 Å². The first kappa shape index (κ1) is 11.8. The third-order valence-electron chi connectivity index (χ3n) is 2.19. The van der Waals surface area contributed by atoms with Crippen LogP contribution in [0.2, 0.25) is 0 Å². The number of pyridine rings is 1. The second-order valence-electron chi connectivity index (χ2n) is 3.71. The molecule has 0 aliphatic carbocycles. The first-order valence-electron chi connectivity index (χ1n) is 4.52. The molecule has 0 amide bonds. The summed E-state index contributed by atoms with van der Waals surface area (Å²) in [4.78, 5) is 11.5. The highest BCUT2D eigenvalue weighted by Crippen LogP contribution is 2.33. The van der Waals surface area contributed by atoms with Gasteiger partial charge in [-0.1, -0.05) is 13.8 Å². The molecule has 1 aromatic heterocycles. The summed E-state index contributed by atoms with van der Waals surface area (Å²) in [5.41, 5.74) is -1.59. The quantitative estimate of drug-likeness (QED) is 0.711. The van der Waals surface area contributed by atoms with Gasteiger partial charge in [0, 0.05) is 18.8 Å². The molecule has 0 radical (unpaired) electrons. The number of aromatic nitrogens is 1. The van der Waals surface area contributed by atoms with E-state index in [0.717, 1.165) is 16.8 Å². The van der Waals surface area contributed by atoms with Gasteiger partial charge in [0.15, 0.2) is 0 Å². The highest BCUT2D eigenvalue weighted by molar-refractivity contribution is 5.29. The minimum atomic E-state index is -4.47. The van der Waals surface area contributed by atoms with E-state index in [2.05, 4.69) is 0 Å². The molecule has 0 aliphatic heterocycles. The smallest absolute Gasteiger partial charge is 0.318 e. The summed E-state index contributed by atoms with van der Waals surface area (Å²) in [6, 6.07) is 0.941. The van der Waals surface area contributed by atoms with Crippen molar-refractivity contribution < 1.29 is 13.2 Å². The topological polar surface area (TPSA) is 22.0 Å². The zero-order valence-electron chi connectivity index (χ0n) is 8.72. The molecule has 1 rings (SSSR count). The molecule has 84 valence electrons. The van der Waals surface area contributed by atoms with Crippen molar-refractivity contribution in [2.24, 2.45) is 7.05 Å². The molecule has 15 heavy (non-hydrogen) atoms. The Morgan fingerprint density at radius 2 is 1.87 bits per heavy atom. The molecule has 0 aliphatic rings. The largest absolute Gasteiger partial charge is 0.416 e. The van der Waals surface area contributed by atoms with Crippen LogP contribution in [0.15, 0.2) is 17.1 Å². The second-order valence-corrected chi connectivity index (χ2v) is 3.71. The lowest BCUT2D eigenvalue weighted by Gasteiger charge is -2.15. The zero-order chi connectivity index (χ0) is 11.8. The van der Waals surface area contributed by atoms with Gasteiger partial charge >= 0.3 is 6.18 Å². The van der Waals surface area contributed by atoms with Gasteiger partial charge in [-0.15, -0.1) is 0 Å². The Morgan fingerprint density at radius 3 is 2.27 bits per heavy atom. The molecule has 0 unspecified atom stereocenters. The molecule has 1 aromatic rings. The Hall–Kier alpha value is -1.26. The number of halogens is 3. The lowest BCUT2D eigenvalue weighted by Crippen LogP contribution is -2.26. The van der Waals surface area contributed by atoms with E-state index in [9.17, 15) is 18.0 Å². The standard InChI is InChI=1S/C10H12F3NO/c1-6(2)8-7(10(11,12)13)4-5-14(3)9(8)15/h4-6H,1-3H3. The van der Waals surface area contributed by atoms with Crippen LogP contribution < -0.4 is 5.56 Å². The van der Waals surface area contributed by atoms with E-state index in [1.807, 2.05) is 0 Å². The van der Waals surface area contributed by atoms with Gasteiger partial charge in [0.05, 0.1) is 5.56 Å². The predicted molar refractivity (Wildman–Crippen MR) is 50.8 cm³/mol. The first-order chi connectivity index (χ1) is 6.75. The van der Waals surface area contributed by atoms with Crippen LogP contribution in [-0.2, 0) is 13.2 Å². The number of nitrogens with zero attached hydrogens (tertiary/aromatic N) is 1. The molecule has 0 spiro atoms. The fourth-order valence-corrected chi connectivity index (χ4v) is 1.45. The van der Waals surface area contributed by atoms with Gasteiger partial charge in [-0.05, 0) is 12.0 Å². The van der Waals surface area contributed by atoms with Gasteiger partial charge in [0.1, 0.15) is 0 Å². The van der Waals surface area contributed by atoms with Gasteiger partial charge in [-0.25, -0.2) is 0 Å². The molecular weight excluding hydrogens is 207 g/mol. The van der Waals surface area contributed by atoms with Gasteiger partial charge in [0.2, 0.25) is 0 Å². The summed E-state index contributed by atoms with van der Waals surface area (Å²) >= 11 is 0. The van der Waals surface area contributed by atoms with E-state index in [-0.39, 0.29) is 5.56 Å². The molecule has 0 saturated carbocycles. The van der Waals surface area contributed by atoms with Crippen molar-refractivity contribution >= 4 is 0 Å². The van der Waals surface area contributed by atoms with Crippen LogP contribution in [0, 0.1) is 0 Å². The molecular formula is C10H12F3NO. The Labute approximate surface area is 85.3 Å². The maximum Gasteiger partial charge on any atom is 0.416 e. The average Bonchev–Trinajstić information content (AvgIpc) is 2.06. The molecule has 2 nitrogen and oxygen atoms in total. The van der Waals surface area contributed by atoms with Crippen molar-refractivity contribution in [1.29, 1.82) is 0 Å². The number of hydrogen-bond donors (Lipinski definition) is 0. The van der Waals surface area contributed by atoms with E-state index >= 15 is 0 Å². The van der Waals surface area contributed by atoms with Crippen molar-refractivity contribution in [2.75, 3.05) is 0 Å². The van der Waals surface area contributed by atoms with Gasteiger partial charge in [-0.3, -0.25) is 4.79 Å². The highest BCUT2D eigenvalue weighted by atomic mass is 19.4. The number of rotatable bonds is 1. The number of aryl methyl sites for hydroxylation is 1. The van der Waals surface area contributed by atoms with E-state index < -0.39 is 23.2 Å². The Kier molecular flexibility index (Phi) is 2.93. The van der Waals surface area contributed by atoms with Crippen molar-refractivity contribution in [1.82, 2.24) is 4.57 Å². The molecule has 1 heterocycles. The summed E-state index contributed by atoms with van der Waals surface area (Å²) < 4.78 is 38.9. The van der Waals surface area contributed by atoms with Gasteiger partial charge in [0.25, 0.3) is 5.56 Å². The van der Waals surface area contributed by atoms with Gasteiger partial charge in [-0.2, -0.15) is 13.2 Å². The van der Waals surface area contributed by atoms with Crippen molar-refractivity contribution in [3.8, 4) is 0 Å². The van der Waals surface area contributed by atoms with Crippen LogP contribution in [0.3, 0.4) is 0 Å². The lowest BCUT2D eigenvalue weighted by atomic mass is 9.99. The van der Waals surface area contributed by atoms with Crippen LogP contribution in [0.25, 0.3) is 0 Å². The van der Waals surface area contributed by atoms with Crippen molar-refractivity contribution in [2.45, 2.75) is 25.9 Å². The Bertz CT molecular complexity index is 418. The van der Waals surface area contributed by atoms with Crippen molar-refractivity contribution in [3.05, 3.63) is 33.7 Å². The van der Waals surface area contributed by atoms with E-state index in [1.165, 1.54) is 7.05 Å². The maximum absolute atomic E-state index is 12.6. The van der Waals surface area contributed by atoms with Crippen LogP contribution >= 0.6 is 0 Å². The fourth-order valence-electron chi connectivity index (χ4n) is 1.45. The number of alkyl halides is 3.